The van der Waals surface area contributed by atoms with Gasteiger partial charge in [0.2, 0.25) is 5.88 Å². The summed E-state index contributed by atoms with van der Waals surface area (Å²) in [6.07, 6.45) is 8.15. The number of benzene rings is 1. The lowest BCUT2D eigenvalue weighted by molar-refractivity contribution is 0.205. The lowest BCUT2D eigenvalue weighted by atomic mass is 9.92. The fourth-order valence-corrected chi connectivity index (χ4v) is 4.09. The molecule has 0 radical (unpaired) electrons. The SMILES string of the molecule is CN1CCC(CCCCOc2cc(-c3nc4ccccc4n3C)ccn2)CC1. The Hall–Kier alpha value is -2.40. The highest BCUT2D eigenvalue weighted by Crippen LogP contribution is 2.26. The maximum Gasteiger partial charge on any atom is 0.213 e. The molecule has 0 amide bonds. The number of imidazole rings is 1. The summed E-state index contributed by atoms with van der Waals surface area (Å²) < 4.78 is 8.05. The van der Waals surface area contributed by atoms with Crippen molar-refractivity contribution in [1.82, 2.24) is 19.4 Å². The van der Waals surface area contributed by atoms with Crippen LogP contribution in [0.3, 0.4) is 0 Å². The smallest absolute Gasteiger partial charge is 0.213 e. The molecule has 2 aromatic heterocycles. The first kappa shape index (κ1) is 18.9. The highest BCUT2D eigenvalue weighted by Gasteiger charge is 2.16. The molecule has 148 valence electrons. The second-order valence-electron chi connectivity index (χ2n) is 7.96. The van der Waals surface area contributed by atoms with Crippen LogP contribution >= 0.6 is 0 Å². The van der Waals surface area contributed by atoms with Crippen LogP contribution in [0.15, 0.2) is 42.6 Å². The second kappa shape index (κ2) is 8.74. The van der Waals surface area contributed by atoms with Crippen LogP contribution in [-0.2, 0) is 7.05 Å². The van der Waals surface area contributed by atoms with E-state index in [0.29, 0.717) is 5.88 Å². The largest absolute Gasteiger partial charge is 0.478 e. The zero-order valence-electron chi connectivity index (χ0n) is 17.0. The van der Waals surface area contributed by atoms with Crippen molar-refractivity contribution in [2.45, 2.75) is 32.1 Å². The van der Waals surface area contributed by atoms with E-state index in [9.17, 15) is 0 Å². The monoisotopic (exact) mass is 378 g/mol. The third-order valence-electron chi connectivity index (χ3n) is 5.87. The van der Waals surface area contributed by atoms with Crippen molar-refractivity contribution in [3.05, 3.63) is 42.6 Å². The number of nitrogens with zero attached hydrogens (tertiary/aromatic N) is 4. The number of piperidine rings is 1. The van der Waals surface area contributed by atoms with Crippen LogP contribution in [-0.4, -0.2) is 46.2 Å². The zero-order valence-corrected chi connectivity index (χ0v) is 17.0. The van der Waals surface area contributed by atoms with Crippen molar-refractivity contribution in [3.63, 3.8) is 0 Å². The summed E-state index contributed by atoms with van der Waals surface area (Å²) in [6.45, 7) is 3.23. The van der Waals surface area contributed by atoms with Gasteiger partial charge in [-0.25, -0.2) is 9.97 Å². The minimum Gasteiger partial charge on any atom is -0.478 e. The molecule has 0 bridgehead atoms. The van der Waals surface area contributed by atoms with Gasteiger partial charge in [-0.3, -0.25) is 0 Å². The quantitative estimate of drug-likeness (QED) is 0.567. The van der Waals surface area contributed by atoms with E-state index in [1.807, 2.05) is 36.5 Å². The fourth-order valence-electron chi connectivity index (χ4n) is 4.09. The third kappa shape index (κ3) is 4.36. The van der Waals surface area contributed by atoms with Gasteiger partial charge in [-0.1, -0.05) is 18.6 Å². The molecule has 28 heavy (non-hydrogen) atoms. The Balaban J connectivity index is 1.31. The average molecular weight is 379 g/mol. The molecule has 0 saturated carbocycles. The predicted octanol–water partition coefficient (Wildman–Crippen LogP) is 4.53. The van der Waals surface area contributed by atoms with E-state index < -0.39 is 0 Å². The Morgan fingerprint density at radius 3 is 2.71 bits per heavy atom. The van der Waals surface area contributed by atoms with E-state index in [1.54, 1.807) is 0 Å². The number of para-hydroxylation sites is 2. The van der Waals surface area contributed by atoms with E-state index in [1.165, 1.54) is 38.8 Å². The standard InChI is InChI=1S/C23H30N4O/c1-26-14-11-18(12-15-26)7-5-6-16-28-22-17-19(10-13-24-22)23-25-20-8-3-4-9-21(20)27(23)2/h3-4,8-10,13,17-18H,5-7,11-12,14-16H2,1-2H3. The third-order valence-corrected chi connectivity index (χ3v) is 5.87. The van der Waals surface area contributed by atoms with Gasteiger partial charge in [0.1, 0.15) is 5.82 Å². The average Bonchev–Trinajstić information content (AvgIpc) is 3.06. The molecular weight excluding hydrogens is 348 g/mol. The maximum absolute atomic E-state index is 5.93. The molecule has 5 heteroatoms. The van der Waals surface area contributed by atoms with Crippen molar-refractivity contribution in [1.29, 1.82) is 0 Å². The van der Waals surface area contributed by atoms with Crippen LogP contribution in [0.25, 0.3) is 22.4 Å². The molecule has 0 spiro atoms. The molecule has 1 aliphatic heterocycles. The summed E-state index contributed by atoms with van der Waals surface area (Å²) >= 11 is 0. The number of rotatable bonds is 7. The minimum atomic E-state index is 0.684. The van der Waals surface area contributed by atoms with Crippen LogP contribution in [0.1, 0.15) is 32.1 Å². The van der Waals surface area contributed by atoms with Crippen LogP contribution < -0.4 is 4.74 Å². The predicted molar refractivity (Wildman–Crippen MR) is 114 cm³/mol. The number of aromatic nitrogens is 3. The minimum absolute atomic E-state index is 0.684. The van der Waals surface area contributed by atoms with E-state index in [-0.39, 0.29) is 0 Å². The molecule has 0 aliphatic carbocycles. The number of aryl methyl sites for hydroxylation is 1. The van der Waals surface area contributed by atoms with Crippen molar-refractivity contribution in [3.8, 4) is 17.3 Å². The Kier molecular flexibility index (Phi) is 5.91. The molecule has 0 atom stereocenters. The van der Waals surface area contributed by atoms with Gasteiger partial charge in [-0.2, -0.15) is 0 Å². The van der Waals surface area contributed by atoms with E-state index >= 15 is 0 Å². The van der Waals surface area contributed by atoms with E-state index in [0.717, 1.165) is 41.4 Å². The summed E-state index contributed by atoms with van der Waals surface area (Å²) in [6, 6.07) is 12.2. The first-order valence-electron chi connectivity index (χ1n) is 10.4. The van der Waals surface area contributed by atoms with Crippen molar-refractivity contribution in [2.75, 3.05) is 26.7 Å². The second-order valence-corrected chi connectivity index (χ2v) is 7.96. The summed E-state index contributed by atoms with van der Waals surface area (Å²) in [5, 5.41) is 0. The van der Waals surface area contributed by atoms with Gasteiger partial charge >= 0.3 is 0 Å². The molecular formula is C23H30N4O. The van der Waals surface area contributed by atoms with Crippen molar-refractivity contribution < 1.29 is 4.74 Å². The number of unbranched alkanes of at least 4 members (excludes halogenated alkanes) is 1. The Bertz CT molecular complexity index is 912. The number of likely N-dealkylation sites (tertiary alicyclic amines) is 1. The van der Waals surface area contributed by atoms with Gasteiger partial charge in [0.05, 0.1) is 17.6 Å². The number of hydrogen-bond donors (Lipinski definition) is 0. The summed E-state index contributed by atoms with van der Waals surface area (Å²) in [7, 11) is 4.27. The van der Waals surface area contributed by atoms with E-state index in [4.69, 9.17) is 9.72 Å². The Morgan fingerprint density at radius 1 is 1.07 bits per heavy atom. The first-order chi connectivity index (χ1) is 13.7. The van der Waals surface area contributed by atoms with Crippen LogP contribution in [0.2, 0.25) is 0 Å². The lowest BCUT2D eigenvalue weighted by Gasteiger charge is -2.28. The number of pyridine rings is 1. The molecule has 1 saturated heterocycles. The van der Waals surface area contributed by atoms with Gasteiger partial charge < -0.3 is 14.2 Å². The summed E-state index contributed by atoms with van der Waals surface area (Å²) in [5.74, 6) is 2.52. The summed E-state index contributed by atoms with van der Waals surface area (Å²) in [5.41, 5.74) is 3.17. The van der Waals surface area contributed by atoms with Crippen LogP contribution in [0, 0.1) is 5.92 Å². The molecule has 0 unspecified atom stereocenters. The molecule has 3 aromatic rings. The fraction of sp³-hybridized carbons (Fsp3) is 0.478. The molecule has 1 fully saturated rings. The Morgan fingerprint density at radius 2 is 1.89 bits per heavy atom. The molecule has 1 aliphatic rings. The number of hydrogen-bond acceptors (Lipinski definition) is 4. The first-order valence-corrected chi connectivity index (χ1v) is 10.4. The maximum atomic E-state index is 5.93. The van der Waals surface area contributed by atoms with Crippen LogP contribution in [0.4, 0.5) is 0 Å². The Labute approximate surface area is 167 Å². The highest BCUT2D eigenvalue weighted by molar-refractivity contribution is 5.80. The van der Waals surface area contributed by atoms with Crippen molar-refractivity contribution >= 4 is 11.0 Å². The number of ether oxygens (including phenoxy) is 1. The molecule has 0 N–H and O–H groups in total. The van der Waals surface area contributed by atoms with Gasteiger partial charge in [0.25, 0.3) is 0 Å². The molecule has 3 heterocycles. The lowest BCUT2D eigenvalue weighted by Crippen LogP contribution is -2.30. The van der Waals surface area contributed by atoms with Gasteiger partial charge in [0, 0.05) is 24.9 Å². The molecule has 1 aromatic carbocycles. The topological polar surface area (TPSA) is 43.2 Å². The van der Waals surface area contributed by atoms with Gasteiger partial charge in [-0.15, -0.1) is 0 Å². The van der Waals surface area contributed by atoms with Gasteiger partial charge in [0.15, 0.2) is 0 Å². The van der Waals surface area contributed by atoms with E-state index in [2.05, 4.69) is 34.6 Å². The molecule has 5 nitrogen and oxygen atoms in total. The number of fused-ring (bicyclic) bond motifs is 1. The zero-order chi connectivity index (χ0) is 19.3. The normalized spacial score (nSPS) is 15.9. The van der Waals surface area contributed by atoms with Crippen LogP contribution in [0.5, 0.6) is 5.88 Å². The van der Waals surface area contributed by atoms with Gasteiger partial charge in [-0.05, 0) is 69.9 Å². The highest BCUT2D eigenvalue weighted by atomic mass is 16.5. The molecule has 4 rings (SSSR count). The summed E-state index contributed by atoms with van der Waals surface area (Å²) in [4.78, 5) is 11.6. The van der Waals surface area contributed by atoms with Crippen molar-refractivity contribution in [2.24, 2.45) is 13.0 Å².